The van der Waals surface area contributed by atoms with Crippen molar-refractivity contribution < 1.29 is 9.53 Å². The minimum Gasteiger partial charge on any atom is -0.379 e. The molecule has 0 aliphatic carbocycles. The fourth-order valence-corrected chi connectivity index (χ4v) is 2.96. The van der Waals surface area contributed by atoms with E-state index in [4.69, 9.17) is 16.3 Å². The van der Waals surface area contributed by atoms with Crippen LogP contribution in [0.5, 0.6) is 0 Å². The number of pyridine rings is 1. The highest BCUT2D eigenvalue weighted by atomic mass is 35.5. The standard InChI is InChI=1S/C17H20ClN3O3/c18-12-2-3-13-15(10-12)20-11-14(16(13)22)17(23)19-4-1-5-21-6-8-24-9-7-21/h2-3,10-11H,1,4-9H2,(H,19,23)(H,20,22). The smallest absolute Gasteiger partial charge is 0.256 e. The van der Waals surface area contributed by atoms with E-state index in [-0.39, 0.29) is 16.9 Å². The number of aromatic nitrogens is 1. The lowest BCUT2D eigenvalue weighted by atomic mass is 10.1. The first-order valence-electron chi connectivity index (χ1n) is 8.04. The zero-order valence-corrected chi connectivity index (χ0v) is 14.1. The van der Waals surface area contributed by atoms with Crippen LogP contribution in [0.1, 0.15) is 16.8 Å². The number of H-pyrrole nitrogens is 1. The molecule has 1 aromatic carbocycles. The average molecular weight is 350 g/mol. The molecule has 0 saturated carbocycles. The molecule has 6 nitrogen and oxygen atoms in total. The Morgan fingerprint density at radius 3 is 2.92 bits per heavy atom. The van der Waals surface area contributed by atoms with E-state index in [0.29, 0.717) is 22.5 Å². The normalized spacial score (nSPS) is 15.5. The molecule has 1 fully saturated rings. The Hall–Kier alpha value is -1.89. The van der Waals surface area contributed by atoms with Gasteiger partial charge in [0.25, 0.3) is 5.91 Å². The van der Waals surface area contributed by atoms with Crippen LogP contribution in [0.4, 0.5) is 0 Å². The molecule has 1 saturated heterocycles. The van der Waals surface area contributed by atoms with Crippen molar-refractivity contribution in [3.05, 3.63) is 45.2 Å². The van der Waals surface area contributed by atoms with E-state index in [1.165, 1.54) is 6.20 Å². The number of ether oxygens (including phenoxy) is 1. The fraction of sp³-hybridized carbons (Fsp3) is 0.412. The molecule has 0 spiro atoms. The van der Waals surface area contributed by atoms with Gasteiger partial charge in [0.15, 0.2) is 0 Å². The minimum atomic E-state index is -0.352. The first-order chi connectivity index (χ1) is 11.6. The third-order valence-corrected chi connectivity index (χ3v) is 4.36. The summed E-state index contributed by atoms with van der Waals surface area (Å²) in [5.74, 6) is -0.352. The van der Waals surface area contributed by atoms with Gasteiger partial charge in [-0.25, -0.2) is 0 Å². The van der Waals surface area contributed by atoms with Crippen LogP contribution in [-0.2, 0) is 4.74 Å². The lowest BCUT2D eigenvalue weighted by molar-refractivity contribution is 0.0374. The van der Waals surface area contributed by atoms with Crippen LogP contribution in [0.15, 0.2) is 29.2 Å². The van der Waals surface area contributed by atoms with Gasteiger partial charge in [0.1, 0.15) is 5.56 Å². The van der Waals surface area contributed by atoms with E-state index < -0.39 is 0 Å². The summed E-state index contributed by atoms with van der Waals surface area (Å²) >= 11 is 5.91. The molecule has 0 radical (unpaired) electrons. The van der Waals surface area contributed by atoms with Gasteiger partial charge in [-0.15, -0.1) is 0 Å². The van der Waals surface area contributed by atoms with E-state index >= 15 is 0 Å². The summed E-state index contributed by atoms with van der Waals surface area (Å²) in [6.45, 7) is 4.85. The molecule has 3 rings (SSSR count). The second-order valence-corrected chi connectivity index (χ2v) is 6.22. The molecule has 7 heteroatoms. The SMILES string of the molecule is O=C(NCCCN1CCOCC1)c1c[nH]c2cc(Cl)ccc2c1=O. The maximum atomic E-state index is 12.4. The molecule has 128 valence electrons. The summed E-state index contributed by atoms with van der Waals surface area (Å²) in [5, 5.41) is 3.81. The molecule has 1 aliphatic heterocycles. The highest BCUT2D eigenvalue weighted by Crippen LogP contribution is 2.15. The van der Waals surface area contributed by atoms with Crippen molar-refractivity contribution in [1.82, 2.24) is 15.2 Å². The quantitative estimate of drug-likeness (QED) is 0.805. The number of hydrogen-bond donors (Lipinski definition) is 2. The molecule has 2 N–H and O–H groups in total. The Morgan fingerprint density at radius 1 is 1.33 bits per heavy atom. The summed E-state index contributed by atoms with van der Waals surface area (Å²) in [4.78, 5) is 29.9. The molecule has 1 amide bonds. The van der Waals surface area contributed by atoms with Crippen LogP contribution in [0, 0.1) is 0 Å². The third-order valence-electron chi connectivity index (χ3n) is 4.13. The first kappa shape index (κ1) is 17.0. The van der Waals surface area contributed by atoms with E-state index in [0.717, 1.165) is 39.3 Å². The van der Waals surface area contributed by atoms with Crippen molar-refractivity contribution in [1.29, 1.82) is 0 Å². The van der Waals surface area contributed by atoms with Crippen molar-refractivity contribution in [2.75, 3.05) is 39.4 Å². The zero-order valence-electron chi connectivity index (χ0n) is 13.3. The van der Waals surface area contributed by atoms with Crippen LogP contribution in [0.3, 0.4) is 0 Å². The molecular weight excluding hydrogens is 330 g/mol. The van der Waals surface area contributed by atoms with E-state index in [1.807, 2.05) is 0 Å². The van der Waals surface area contributed by atoms with Crippen molar-refractivity contribution >= 4 is 28.4 Å². The molecule has 2 aromatic rings. The number of amides is 1. The van der Waals surface area contributed by atoms with Crippen molar-refractivity contribution in [2.45, 2.75) is 6.42 Å². The number of fused-ring (bicyclic) bond motifs is 1. The fourth-order valence-electron chi connectivity index (χ4n) is 2.79. The number of hydrogen-bond acceptors (Lipinski definition) is 4. The molecule has 2 heterocycles. The Balaban J connectivity index is 1.58. The lowest BCUT2D eigenvalue weighted by Crippen LogP contribution is -2.38. The molecule has 24 heavy (non-hydrogen) atoms. The number of aromatic amines is 1. The Bertz CT molecular complexity index is 784. The van der Waals surface area contributed by atoms with Gasteiger partial charge in [-0.05, 0) is 31.2 Å². The van der Waals surface area contributed by atoms with Crippen molar-refractivity contribution in [3.8, 4) is 0 Å². The van der Waals surface area contributed by atoms with Gasteiger partial charge in [-0.3, -0.25) is 14.5 Å². The highest BCUT2D eigenvalue weighted by Gasteiger charge is 2.13. The summed E-state index contributed by atoms with van der Waals surface area (Å²) < 4.78 is 5.30. The second-order valence-electron chi connectivity index (χ2n) is 5.78. The molecule has 1 aromatic heterocycles. The van der Waals surface area contributed by atoms with Crippen LogP contribution < -0.4 is 10.7 Å². The van der Waals surface area contributed by atoms with Crippen LogP contribution in [0.25, 0.3) is 10.9 Å². The van der Waals surface area contributed by atoms with Gasteiger partial charge >= 0.3 is 0 Å². The number of halogens is 1. The molecule has 0 bridgehead atoms. The molecular formula is C17H20ClN3O3. The topological polar surface area (TPSA) is 74.4 Å². The lowest BCUT2D eigenvalue weighted by Gasteiger charge is -2.26. The largest absolute Gasteiger partial charge is 0.379 e. The summed E-state index contributed by atoms with van der Waals surface area (Å²) in [6, 6.07) is 4.94. The molecule has 0 atom stereocenters. The van der Waals surface area contributed by atoms with E-state index in [2.05, 4.69) is 15.2 Å². The number of carbonyl (C=O) groups excluding carboxylic acids is 1. The Labute approximate surface area is 144 Å². The number of rotatable bonds is 5. The second kappa shape index (κ2) is 7.79. The van der Waals surface area contributed by atoms with Crippen molar-refractivity contribution in [2.24, 2.45) is 0 Å². The maximum absolute atomic E-state index is 12.4. The summed E-state index contributed by atoms with van der Waals surface area (Å²) in [7, 11) is 0. The van der Waals surface area contributed by atoms with Crippen LogP contribution >= 0.6 is 11.6 Å². The van der Waals surface area contributed by atoms with Crippen LogP contribution in [-0.4, -0.2) is 55.2 Å². The van der Waals surface area contributed by atoms with Gasteiger partial charge in [0.05, 0.1) is 18.7 Å². The number of morpholine rings is 1. The van der Waals surface area contributed by atoms with Gasteiger partial charge < -0.3 is 15.0 Å². The third kappa shape index (κ3) is 3.95. The number of carbonyl (C=O) groups is 1. The first-order valence-corrected chi connectivity index (χ1v) is 8.42. The predicted octanol–water partition coefficient (Wildman–Crippen LogP) is 1.63. The van der Waals surface area contributed by atoms with E-state index in [9.17, 15) is 9.59 Å². The number of nitrogens with zero attached hydrogens (tertiary/aromatic N) is 1. The summed E-state index contributed by atoms with van der Waals surface area (Å²) in [6.07, 6.45) is 2.28. The molecule has 1 aliphatic rings. The predicted molar refractivity (Wildman–Crippen MR) is 93.8 cm³/mol. The summed E-state index contributed by atoms with van der Waals surface area (Å²) in [5.41, 5.74) is 0.457. The van der Waals surface area contributed by atoms with Gasteiger partial charge in [0, 0.05) is 36.2 Å². The van der Waals surface area contributed by atoms with Crippen LogP contribution in [0.2, 0.25) is 5.02 Å². The number of nitrogens with one attached hydrogen (secondary N) is 2. The maximum Gasteiger partial charge on any atom is 0.256 e. The Kier molecular flexibility index (Phi) is 5.50. The highest BCUT2D eigenvalue weighted by molar-refractivity contribution is 6.31. The van der Waals surface area contributed by atoms with Gasteiger partial charge in [-0.2, -0.15) is 0 Å². The van der Waals surface area contributed by atoms with Crippen molar-refractivity contribution in [3.63, 3.8) is 0 Å². The Morgan fingerprint density at radius 2 is 2.12 bits per heavy atom. The monoisotopic (exact) mass is 349 g/mol. The van der Waals surface area contributed by atoms with E-state index in [1.54, 1.807) is 18.2 Å². The minimum absolute atomic E-state index is 0.121. The number of benzene rings is 1. The molecule has 0 unspecified atom stereocenters. The average Bonchev–Trinajstić information content (AvgIpc) is 2.59. The van der Waals surface area contributed by atoms with Gasteiger partial charge in [0.2, 0.25) is 5.43 Å². The zero-order chi connectivity index (χ0) is 16.9. The van der Waals surface area contributed by atoms with Gasteiger partial charge in [-0.1, -0.05) is 11.6 Å².